The maximum atomic E-state index is 13.1. The Hall–Kier alpha value is -3.81. The normalized spacial score (nSPS) is 13.0. The third kappa shape index (κ3) is 2.77. The Morgan fingerprint density at radius 2 is 1.59 bits per heavy atom. The lowest BCUT2D eigenvalue weighted by atomic mass is 10.1. The number of aryl methyl sites for hydroxylation is 1. The summed E-state index contributed by atoms with van der Waals surface area (Å²) in [7, 11) is 1.61. The first kappa shape index (κ1) is 16.6. The molecule has 27 heavy (non-hydrogen) atoms. The lowest BCUT2D eigenvalue weighted by molar-refractivity contribution is -0.0588. The van der Waals surface area contributed by atoms with E-state index in [0.717, 1.165) is 0 Å². The van der Waals surface area contributed by atoms with Gasteiger partial charge in [0.05, 0.1) is 16.8 Å². The highest BCUT2D eigenvalue weighted by atomic mass is 19.1. The number of aromatic nitrogens is 2. The Balaban J connectivity index is 1.58. The number of hydrogen-bond acceptors (Lipinski definition) is 5. The topological polar surface area (TPSA) is 81.5 Å². The molecule has 0 fully saturated rings. The van der Waals surface area contributed by atoms with Crippen molar-refractivity contribution in [2.75, 3.05) is 0 Å². The molecule has 1 aromatic heterocycles. The molecule has 0 N–H and O–H groups in total. The molecule has 0 radical (unpaired) electrons. The fourth-order valence-corrected chi connectivity index (χ4v) is 2.84. The highest BCUT2D eigenvalue weighted by molar-refractivity contribution is 6.21. The fraction of sp³-hybridized carbons (Fsp3) is 0.0526. The molecule has 0 spiro atoms. The van der Waals surface area contributed by atoms with Crippen molar-refractivity contribution in [1.82, 2.24) is 14.8 Å². The predicted molar refractivity (Wildman–Crippen MR) is 91.0 cm³/mol. The minimum atomic E-state index is -0.950. The van der Waals surface area contributed by atoms with E-state index in [1.54, 1.807) is 31.3 Å². The molecule has 2 aromatic carbocycles. The average Bonchev–Trinajstić information content (AvgIpc) is 3.17. The Labute approximate surface area is 152 Å². The number of rotatable bonds is 3. The van der Waals surface area contributed by atoms with Crippen LogP contribution < -0.4 is 0 Å². The van der Waals surface area contributed by atoms with Gasteiger partial charge in [0.25, 0.3) is 11.8 Å². The molecule has 0 saturated heterocycles. The Morgan fingerprint density at radius 3 is 2.19 bits per heavy atom. The van der Waals surface area contributed by atoms with Crippen molar-refractivity contribution in [2.45, 2.75) is 0 Å². The van der Waals surface area contributed by atoms with Gasteiger partial charge in [-0.25, -0.2) is 9.18 Å². The molecule has 1 aliphatic heterocycles. The Bertz CT molecular complexity index is 1050. The maximum Gasteiger partial charge on any atom is 0.384 e. The molecule has 0 atom stereocenters. The largest absolute Gasteiger partial charge is 0.384 e. The van der Waals surface area contributed by atoms with Crippen molar-refractivity contribution < 1.29 is 23.6 Å². The first-order valence-corrected chi connectivity index (χ1v) is 7.96. The summed E-state index contributed by atoms with van der Waals surface area (Å²) in [5.74, 6) is -2.75. The second-order valence-corrected chi connectivity index (χ2v) is 5.87. The summed E-state index contributed by atoms with van der Waals surface area (Å²) < 4.78 is 14.5. The molecule has 0 aliphatic carbocycles. The third-order valence-electron chi connectivity index (χ3n) is 4.16. The van der Waals surface area contributed by atoms with Crippen LogP contribution >= 0.6 is 0 Å². The minimum Gasteiger partial charge on any atom is -0.322 e. The van der Waals surface area contributed by atoms with E-state index in [-0.39, 0.29) is 22.6 Å². The number of benzene rings is 2. The van der Waals surface area contributed by atoms with E-state index < -0.39 is 17.8 Å². The van der Waals surface area contributed by atoms with E-state index in [1.807, 2.05) is 0 Å². The Kier molecular flexibility index (Phi) is 3.80. The number of fused-ring (bicyclic) bond motifs is 1. The number of hydroxylamine groups is 2. The average molecular weight is 365 g/mol. The standard InChI is InChI=1S/C19H12FN3O4/c1-22-16(11-6-8-12(20)9-7-11)10-15(21-22)19(26)27-23-17(24)13-4-2-3-5-14(13)18(23)25/h2-10H,1H3. The van der Waals surface area contributed by atoms with Crippen molar-refractivity contribution in [3.63, 3.8) is 0 Å². The molecule has 0 bridgehead atoms. The number of halogens is 1. The molecular formula is C19H12FN3O4. The van der Waals surface area contributed by atoms with Crippen LogP contribution in [-0.2, 0) is 11.9 Å². The van der Waals surface area contributed by atoms with Gasteiger partial charge in [-0.1, -0.05) is 17.2 Å². The van der Waals surface area contributed by atoms with Crippen molar-refractivity contribution in [3.05, 3.63) is 77.2 Å². The van der Waals surface area contributed by atoms with E-state index in [9.17, 15) is 18.8 Å². The monoisotopic (exact) mass is 365 g/mol. The van der Waals surface area contributed by atoms with Crippen LogP contribution in [-0.4, -0.2) is 32.6 Å². The van der Waals surface area contributed by atoms with Crippen molar-refractivity contribution in [2.24, 2.45) is 7.05 Å². The van der Waals surface area contributed by atoms with Gasteiger partial charge in [-0.2, -0.15) is 5.10 Å². The van der Waals surface area contributed by atoms with E-state index in [2.05, 4.69) is 5.10 Å². The van der Waals surface area contributed by atoms with Gasteiger partial charge in [0.1, 0.15) is 5.82 Å². The number of amides is 2. The number of carbonyl (C=O) groups is 3. The van der Waals surface area contributed by atoms with Crippen LogP contribution in [0.3, 0.4) is 0 Å². The highest BCUT2D eigenvalue weighted by Crippen LogP contribution is 2.24. The molecule has 8 heteroatoms. The molecule has 4 rings (SSSR count). The second-order valence-electron chi connectivity index (χ2n) is 5.87. The molecule has 0 saturated carbocycles. The minimum absolute atomic E-state index is 0.0895. The van der Waals surface area contributed by atoms with Crippen LogP contribution in [0.5, 0.6) is 0 Å². The zero-order chi connectivity index (χ0) is 19.1. The number of nitrogens with zero attached hydrogens (tertiary/aromatic N) is 3. The van der Waals surface area contributed by atoms with Crippen LogP contribution in [0.25, 0.3) is 11.3 Å². The van der Waals surface area contributed by atoms with Crippen LogP contribution in [0, 0.1) is 5.82 Å². The summed E-state index contributed by atoms with van der Waals surface area (Å²) in [4.78, 5) is 41.9. The van der Waals surface area contributed by atoms with Gasteiger partial charge in [0.2, 0.25) is 0 Å². The number of hydrogen-bond donors (Lipinski definition) is 0. The van der Waals surface area contributed by atoms with Gasteiger partial charge >= 0.3 is 5.97 Å². The second kappa shape index (κ2) is 6.17. The van der Waals surface area contributed by atoms with Gasteiger partial charge in [-0.05, 0) is 48.0 Å². The summed E-state index contributed by atoms with van der Waals surface area (Å²) in [6, 6.07) is 13.3. The van der Waals surface area contributed by atoms with Gasteiger partial charge in [-0.15, -0.1) is 0 Å². The van der Waals surface area contributed by atoms with Crippen molar-refractivity contribution in [1.29, 1.82) is 0 Å². The first-order valence-electron chi connectivity index (χ1n) is 7.96. The highest BCUT2D eigenvalue weighted by Gasteiger charge is 2.39. The van der Waals surface area contributed by atoms with Crippen LogP contribution in [0.1, 0.15) is 31.2 Å². The molecule has 3 aromatic rings. The molecule has 134 valence electrons. The lowest BCUT2D eigenvalue weighted by Gasteiger charge is -2.11. The van der Waals surface area contributed by atoms with E-state index in [0.29, 0.717) is 16.3 Å². The number of carbonyl (C=O) groups excluding carboxylic acids is 3. The molecule has 1 aliphatic rings. The quantitative estimate of drug-likeness (QED) is 0.667. The van der Waals surface area contributed by atoms with Crippen LogP contribution in [0.15, 0.2) is 54.6 Å². The summed E-state index contributed by atoms with van der Waals surface area (Å²) in [6.07, 6.45) is 0. The van der Waals surface area contributed by atoms with Crippen LogP contribution in [0.4, 0.5) is 4.39 Å². The van der Waals surface area contributed by atoms with Gasteiger partial charge in [-0.3, -0.25) is 14.3 Å². The van der Waals surface area contributed by atoms with E-state index in [1.165, 1.54) is 35.0 Å². The summed E-state index contributed by atoms with van der Waals surface area (Å²) in [5, 5.41) is 4.48. The SMILES string of the molecule is Cn1nc(C(=O)ON2C(=O)c3ccccc3C2=O)cc1-c1ccc(F)cc1. The van der Waals surface area contributed by atoms with Gasteiger partial charge in [0.15, 0.2) is 5.69 Å². The fourth-order valence-electron chi connectivity index (χ4n) is 2.84. The molecular weight excluding hydrogens is 353 g/mol. The third-order valence-corrected chi connectivity index (χ3v) is 4.16. The smallest absolute Gasteiger partial charge is 0.322 e. The van der Waals surface area contributed by atoms with Crippen molar-refractivity contribution in [3.8, 4) is 11.3 Å². The zero-order valence-electron chi connectivity index (χ0n) is 14.0. The van der Waals surface area contributed by atoms with Gasteiger partial charge < -0.3 is 4.84 Å². The molecule has 7 nitrogen and oxygen atoms in total. The lowest BCUT2D eigenvalue weighted by Crippen LogP contribution is -2.32. The predicted octanol–water partition coefficient (Wildman–Crippen LogP) is 2.59. The summed E-state index contributed by atoms with van der Waals surface area (Å²) in [6.45, 7) is 0. The molecule has 2 heterocycles. The van der Waals surface area contributed by atoms with Crippen molar-refractivity contribution >= 4 is 17.8 Å². The maximum absolute atomic E-state index is 13.1. The van der Waals surface area contributed by atoms with Crippen LogP contribution in [0.2, 0.25) is 0 Å². The summed E-state index contributed by atoms with van der Waals surface area (Å²) in [5.41, 5.74) is 1.44. The first-order chi connectivity index (χ1) is 13.0. The molecule has 2 amide bonds. The Morgan fingerprint density at radius 1 is 1.00 bits per heavy atom. The van der Waals surface area contributed by atoms with Gasteiger partial charge in [0, 0.05) is 7.05 Å². The van der Waals surface area contributed by atoms with E-state index in [4.69, 9.17) is 4.84 Å². The number of imide groups is 1. The van der Waals surface area contributed by atoms with E-state index >= 15 is 0 Å². The summed E-state index contributed by atoms with van der Waals surface area (Å²) >= 11 is 0. The molecule has 0 unspecified atom stereocenters. The zero-order valence-corrected chi connectivity index (χ0v) is 14.0.